The Morgan fingerprint density at radius 3 is 2.95 bits per heavy atom. The molecule has 5 nitrogen and oxygen atoms in total. The molecule has 0 radical (unpaired) electrons. The standard InChI is InChI=1S/C15H17N3O2S/c1-20-14(19)9-5-4-6-10(16)13(9)18-15-17-11-7-2-3-8-12(11)21-15/h4-6H,2-3,7-8,16H2,1H3,(H,17,18). The van der Waals surface area contributed by atoms with Gasteiger partial charge < -0.3 is 15.8 Å². The van der Waals surface area contributed by atoms with E-state index in [0.717, 1.165) is 18.0 Å². The monoisotopic (exact) mass is 303 g/mol. The lowest BCUT2D eigenvalue weighted by atomic mass is 10.0. The van der Waals surface area contributed by atoms with Gasteiger partial charge in [0.25, 0.3) is 0 Å². The van der Waals surface area contributed by atoms with Gasteiger partial charge in [0.15, 0.2) is 5.13 Å². The van der Waals surface area contributed by atoms with E-state index in [2.05, 4.69) is 10.3 Å². The van der Waals surface area contributed by atoms with Crippen LogP contribution in [0, 0.1) is 0 Å². The number of hydrogen-bond donors (Lipinski definition) is 2. The van der Waals surface area contributed by atoms with Crippen LogP contribution < -0.4 is 11.1 Å². The van der Waals surface area contributed by atoms with Gasteiger partial charge in [0, 0.05) is 4.88 Å². The molecule has 1 aromatic carbocycles. The number of carbonyl (C=O) groups is 1. The molecule has 1 aromatic heterocycles. The number of para-hydroxylation sites is 1. The number of aromatic nitrogens is 1. The van der Waals surface area contributed by atoms with Crippen LogP contribution in [0.5, 0.6) is 0 Å². The Balaban J connectivity index is 1.94. The lowest BCUT2D eigenvalue weighted by molar-refractivity contribution is 0.0602. The van der Waals surface area contributed by atoms with Crippen LogP contribution >= 0.6 is 11.3 Å². The number of esters is 1. The van der Waals surface area contributed by atoms with Crippen molar-refractivity contribution in [3.63, 3.8) is 0 Å². The van der Waals surface area contributed by atoms with Crippen molar-refractivity contribution in [1.82, 2.24) is 4.98 Å². The Morgan fingerprint density at radius 1 is 1.38 bits per heavy atom. The topological polar surface area (TPSA) is 77.2 Å². The van der Waals surface area contributed by atoms with Crippen LogP contribution in [-0.2, 0) is 17.6 Å². The summed E-state index contributed by atoms with van der Waals surface area (Å²) in [5, 5.41) is 3.98. The van der Waals surface area contributed by atoms with Gasteiger partial charge in [-0.3, -0.25) is 0 Å². The normalized spacial score (nSPS) is 13.6. The molecule has 1 aliphatic carbocycles. The van der Waals surface area contributed by atoms with Gasteiger partial charge in [0.05, 0.1) is 29.7 Å². The highest BCUT2D eigenvalue weighted by atomic mass is 32.1. The Morgan fingerprint density at radius 2 is 2.19 bits per heavy atom. The summed E-state index contributed by atoms with van der Waals surface area (Å²) in [5.74, 6) is -0.411. The van der Waals surface area contributed by atoms with Gasteiger partial charge in [-0.15, -0.1) is 11.3 Å². The van der Waals surface area contributed by atoms with Gasteiger partial charge in [-0.2, -0.15) is 0 Å². The summed E-state index contributed by atoms with van der Waals surface area (Å²) >= 11 is 1.64. The maximum absolute atomic E-state index is 11.8. The third-order valence-corrected chi connectivity index (χ3v) is 4.65. The van der Waals surface area contributed by atoms with E-state index in [1.165, 1.54) is 30.5 Å². The van der Waals surface area contributed by atoms with Crippen LogP contribution in [-0.4, -0.2) is 18.1 Å². The first-order valence-electron chi connectivity index (χ1n) is 6.91. The Labute approximate surface area is 127 Å². The number of nitrogens with two attached hydrogens (primary N) is 1. The van der Waals surface area contributed by atoms with E-state index < -0.39 is 5.97 Å². The predicted octanol–water partition coefficient (Wildman–Crippen LogP) is 3.13. The SMILES string of the molecule is COC(=O)c1cccc(N)c1Nc1nc2c(s1)CCCC2. The second kappa shape index (κ2) is 5.73. The zero-order chi connectivity index (χ0) is 14.8. The average Bonchev–Trinajstić information content (AvgIpc) is 2.91. The Bertz CT molecular complexity index is 658. The number of hydrogen-bond acceptors (Lipinski definition) is 6. The van der Waals surface area contributed by atoms with Gasteiger partial charge in [-0.25, -0.2) is 9.78 Å². The largest absolute Gasteiger partial charge is 0.465 e. The first-order valence-corrected chi connectivity index (χ1v) is 7.73. The quantitative estimate of drug-likeness (QED) is 0.673. The molecule has 0 unspecified atom stereocenters. The lowest BCUT2D eigenvalue weighted by Gasteiger charge is -2.11. The van der Waals surface area contributed by atoms with E-state index in [1.54, 1.807) is 29.5 Å². The third-order valence-electron chi connectivity index (χ3n) is 3.58. The highest BCUT2D eigenvalue weighted by Crippen LogP contribution is 2.34. The molecule has 0 saturated heterocycles. The minimum absolute atomic E-state index is 0.411. The average molecular weight is 303 g/mol. The first kappa shape index (κ1) is 13.9. The summed E-state index contributed by atoms with van der Waals surface area (Å²) in [6, 6.07) is 5.18. The van der Waals surface area contributed by atoms with Gasteiger partial charge >= 0.3 is 5.97 Å². The summed E-state index contributed by atoms with van der Waals surface area (Å²) in [5.41, 5.74) is 8.65. The van der Waals surface area contributed by atoms with E-state index in [0.29, 0.717) is 16.9 Å². The van der Waals surface area contributed by atoms with Crippen LogP contribution in [0.1, 0.15) is 33.8 Å². The van der Waals surface area contributed by atoms with Crippen LogP contribution in [0.25, 0.3) is 0 Å². The van der Waals surface area contributed by atoms with Crippen LogP contribution in [0.15, 0.2) is 18.2 Å². The number of nitrogens with one attached hydrogen (secondary N) is 1. The van der Waals surface area contributed by atoms with Crippen molar-refractivity contribution in [2.24, 2.45) is 0 Å². The fourth-order valence-corrected chi connectivity index (χ4v) is 3.56. The second-order valence-electron chi connectivity index (χ2n) is 4.98. The van der Waals surface area contributed by atoms with Crippen molar-refractivity contribution < 1.29 is 9.53 Å². The van der Waals surface area contributed by atoms with Gasteiger partial charge in [0.1, 0.15) is 0 Å². The molecule has 21 heavy (non-hydrogen) atoms. The smallest absolute Gasteiger partial charge is 0.340 e. The summed E-state index contributed by atoms with van der Waals surface area (Å²) in [7, 11) is 1.36. The van der Waals surface area contributed by atoms with Crippen LogP contribution in [0.4, 0.5) is 16.5 Å². The zero-order valence-electron chi connectivity index (χ0n) is 11.8. The van der Waals surface area contributed by atoms with E-state index in [9.17, 15) is 4.79 Å². The van der Waals surface area contributed by atoms with Crippen molar-refractivity contribution in [1.29, 1.82) is 0 Å². The molecule has 1 aliphatic rings. The highest BCUT2D eigenvalue weighted by molar-refractivity contribution is 7.15. The Hall–Kier alpha value is -2.08. The summed E-state index contributed by atoms with van der Waals surface area (Å²) < 4.78 is 4.80. The Kier molecular flexibility index (Phi) is 3.79. The van der Waals surface area contributed by atoms with Crippen molar-refractivity contribution in [2.45, 2.75) is 25.7 Å². The molecule has 0 saturated carbocycles. The number of nitrogen functional groups attached to an aromatic ring is 1. The fourth-order valence-electron chi connectivity index (χ4n) is 2.50. The predicted molar refractivity (Wildman–Crippen MR) is 84.2 cm³/mol. The number of ether oxygens (including phenoxy) is 1. The number of methoxy groups -OCH3 is 1. The fraction of sp³-hybridized carbons (Fsp3) is 0.333. The number of rotatable bonds is 3. The molecule has 3 rings (SSSR count). The molecule has 0 amide bonds. The zero-order valence-corrected chi connectivity index (χ0v) is 12.6. The number of benzene rings is 1. The van der Waals surface area contributed by atoms with Gasteiger partial charge in [-0.1, -0.05) is 6.07 Å². The lowest BCUT2D eigenvalue weighted by Crippen LogP contribution is -2.07. The maximum Gasteiger partial charge on any atom is 0.340 e. The van der Waals surface area contributed by atoms with Gasteiger partial charge in [0.2, 0.25) is 0 Å². The molecule has 6 heteroatoms. The third kappa shape index (κ3) is 2.71. The molecular weight excluding hydrogens is 286 g/mol. The van der Waals surface area contributed by atoms with Crippen molar-refractivity contribution in [3.05, 3.63) is 34.3 Å². The number of aryl methyl sites for hydroxylation is 2. The molecule has 0 spiro atoms. The summed E-state index contributed by atoms with van der Waals surface area (Å²) in [6.07, 6.45) is 4.52. The molecule has 0 fully saturated rings. The first-order chi connectivity index (χ1) is 10.2. The van der Waals surface area contributed by atoms with E-state index in [4.69, 9.17) is 10.5 Å². The molecule has 0 bridgehead atoms. The molecule has 2 aromatic rings. The van der Waals surface area contributed by atoms with Crippen LogP contribution in [0.3, 0.4) is 0 Å². The number of fused-ring (bicyclic) bond motifs is 1. The number of nitrogens with zero attached hydrogens (tertiary/aromatic N) is 1. The molecule has 0 aliphatic heterocycles. The molecule has 1 heterocycles. The second-order valence-corrected chi connectivity index (χ2v) is 6.07. The van der Waals surface area contributed by atoms with Gasteiger partial charge in [-0.05, 0) is 37.8 Å². The molecule has 110 valence electrons. The van der Waals surface area contributed by atoms with E-state index in [1.807, 2.05) is 0 Å². The minimum Gasteiger partial charge on any atom is -0.465 e. The minimum atomic E-state index is -0.411. The molecule has 3 N–H and O–H groups in total. The maximum atomic E-state index is 11.8. The highest BCUT2D eigenvalue weighted by Gasteiger charge is 2.18. The number of anilines is 3. The number of carbonyl (C=O) groups excluding carboxylic acids is 1. The van der Waals surface area contributed by atoms with Crippen molar-refractivity contribution >= 4 is 33.8 Å². The van der Waals surface area contributed by atoms with Crippen molar-refractivity contribution in [3.8, 4) is 0 Å². The van der Waals surface area contributed by atoms with E-state index >= 15 is 0 Å². The molecule has 0 atom stereocenters. The van der Waals surface area contributed by atoms with Crippen LogP contribution in [0.2, 0.25) is 0 Å². The summed E-state index contributed by atoms with van der Waals surface area (Å²) in [4.78, 5) is 17.8. The number of thiazole rings is 1. The van der Waals surface area contributed by atoms with E-state index in [-0.39, 0.29) is 0 Å². The van der Waals surface area contributed by atoms with Crippen molar-refractivity contribution in [2.75, 3.05) is 18.2 Å². The summed E-state index contributed by atoms with van der Waals surface area (Å²) in [6.45, 7) is 0. The molecular formula is C15H17N3O2S.